The summed E-state index contributed by atoms with van der Waals surface area (Å²) in [4.78, 5) is 0. The number of aryl methyl sites for hydroxylation is 2. The summed E-state index contributed by atoms with van der Waals surface area (Å²) in [5.74, 6) is 0. The van der Waals surface area contributed by atoms with Crippen LogP contribution in [0.5, 0.6) is 0 Å². The first-order valence-electron chi connectivity index (χ1n) is 5.91. The van der Waals surface area contributed by atoms with Crippen LogP contribution in [0.2, 0.25) is 0 Å². The van der Waals surface area contributed by atoms with E-state index in [-0.39, 0.29) is 0 Å². The molecule has 0 radical (unpaired) electrons. The topological polar surface area (TPSA) is 23.8 Å². The molecule has 17 heavy (non-hydrogen) atoms. The van der Waals surface area contributed by atoms with Gasteiger partial charge < -0.3 is 0 Å². The number of hydrogen-bond acceptors (Lipinski definition) is 1. The zero-order chi connectivity index (χ0) is 11.9. The number of benzene rings is 2. The van der Waals surface area contributed by atoms with Gasteiger partial charge in [-0.3, -0.25) is 0 Å². The Bertz CT molecular complexity index is 491. The first-order chi connectivity index (χ1) is 8.38. The van der Waals surface area contributed by atoms with Gasteiger partial charge in [-0.1, -0.05) is 42.5 Å². The van der Waals surface area contributed by atoms with Crippen molar-refractivity contribution in [2.45, 2.75) is 19.3 Å². The maximum atomic E-state index is 8.70. The molecule has 0 spiro atoms. The Kier molecular flexibility index (Phi) is 3.94. The molecule has 84 valence electrons. The summed E-state index contributed by atoms with van der Waals surface area (Å²) in [6.45, 7) is 0. The second-order valence-electron chi connectivity index (χ2n) is 4.15. The summed E-state index contributed by atoms with van der Waals surface area (Å²) in [5, 5.41) is 8.70. The van der Waals surface area contributed by atoms with Gasteiger partial charge in [-0.2, -0.15) is 5.26 Å². The molecule has 0 aliphatic carbocycles. The van der Waals surface area contributed by atoms with Crippen LogP contribution in [-0.2, 0) is 12.8 Å². The van der Waals surface area contributed by atoms with Crippen LogP contribution in [0.4, 0.5) is 0 Å². The summed E-state index contributed by atoms with van der Waals surface area (Å²) in [7, 11) is 0. The van der Waals surface area contributed by atoms with Crippen molar-refractivity contribution in [1.29, 1.82) is 5.26 Å². The number of rotatable bonds is 4. The molecule has 0 bridgehead atoms. The molecule has 0 saturated heterocycles. The normalized spacial score (nSPS) is 9.82. The molecule has 0 amide bonds. The Morgan fingerprint density at radius 2 is 1.35 bits per heavy atom. The number of nitrogens with zero attached hydrogens (tertiary/aromatic N) is 1. The predicted octanol–water partition coefficient (Wildman–Crippen LogP) is 3.73. The molecule has 1 heteroatoms. The molecule has 0 heterocycles. The van der Waals surface area contributed by atoms with E-state index >= 15 is 0 Å². The van der Waals surface area contributed by atoms with Crippen molar-refractivity contribution in [1.82, 2.24) is 0 Å². The van der Waals surface area contributed by atoms with Crippen molar-refractivity contribution < 1.29 is 0 Å². The van der Waals surface area contributed by atoms with E-state index in [0.29, 0.717) is 0 Å². The fourth-order valence-electron chi connectivity index (χ4n) is 1.89. The zero-order valence-electron chi connectivity index (χ0n) is 9.76. The lowest BCUT2D eigenvalue weighted by molar-refractivity contribution is 0.820. The van der Waals surface area contributed by atoms with Gasteiger partial charge in [0.05, 0.1) is 11.6 Å². The minimum Gasteiger partial charge on any atom is -0.192 e. The van der Waals surface area contributed by atoms with Crippen LogP contribution in [0.3, 0.4) is 0 Å². The minimum atomic E-state index is 0.733. The van der Waals surface area contributed by atoms with E-state index in [0.717, 1.165) is 24.8 Å². The lowest BCUT2D eigenvalue weighted by atomic mass is 10.0. The van der Waals surface area contributed by atoms with E-state index < -0.39 is 0 Å². The van der Waals surface area contributed by atoms with Crippen LogP contribution in [0.25, 0.3) is 0 Å². The smallest absolute Gasteiger partial charge is 0.0991 e. The highest BCUT2D eigenvalue weighted by Gasteiger charge is 1.96. The number of nitriles is 1. The average molecular weight is 221 g/mol. The molecular weight excluding hydrogens is 206 g/mol. The quantitative estimate of drug-likeness (QED) is 0.771. The monoisotopic (exact) mass is 221 g/mol. The molecule has 0 atom stereocenters. The highest BCUT2D eigenvalue weighted by atomic mass is 14.2. The number of hydrogen-bond donors (Lipinski definition) is 0. The predicted molar refractivity (Wildman–Crippen MR) is 69.6 cm³/mol. The molecule has 1 nitrogen and oxygen atoms in total. The van der Waals surface area contributed by atoms with Crippen LogP contribution in [0.1, 0.15) is 23.1 Å². The van der Waals surface area contributed by atoms with E-state index in [1.807, 2.05) is 30.3 Å². The molecule has 0 N–H and O–H groups in total. The minimum absolute atomic E-state index is 0.733. The molecule has 0 aromatic heterocycles. The summed E-state index contributed by atoms with van der Waals surface area (Å²) < 4.78 is 0. The SMILES string of the molecule is N#Cc1ccc(CCCc2ccccc2)cc1. The van der Waals surface area contributed by atoms with Crippen molar-refractivity contribution in [2.24, 2.45) is 0 Å². The van der Waals surface area contributed by atoms with E-state index in [4.69, 9.17) is 5.26 Å². The molecule has 2 aromatic carbocycles. The summed E-state index contributed by atoms with van der Waals surface area (Å²) in [6, 6.07) is 20.5. The van der Waals surface area contributed by atoms with E-state index in [1.54, 1.807) is 0 Å². The third-order valence-electron chi connectivity index (χ3n) is 2.86. The molecule has 2 rings (SSSR count). The Labute approximate surface area is 102 Å². The van der Waals surface area contributed by atoms with Gasteiger partial charge in [0.2, 0.25) is 0 Å². The van der Waals surface area contributed by atoms with Gasteiger partial charge in [0.1, 0.15) is 0 Å². The third kappa shape index (κ3) is 3.46. The Balaban J connectivity index is 1.84. The molecular formula is C16H15N. The lowest BCUT2D eigenvalue weighted by Gasteiger charge is -2.02. The van der Waals surface area contributed by atoms with Crippen LogP contribution >= 0.6 is 0 Å². The molecule has 2 aromatic rings. The maximum absolute atomic E-state index is 8.70. The van der Waals surface area contributed by atoms with Crippen LogP contribution in [0.15, 0.2) is 54.6 Å². The van der Waals surface area contributed by atoms with Gasteiger partial charge >= 0.3 is 0 Å². The average Bonchev–Trinajstić information content (AvgIpc) is 2.41. The second kappa shape index (κ2) is 5.86. The fraction of sp³-hybridized carbons (Fsp3) is 0.188. The van der Waals surface area contributed by atoms with Gasteiger partial charge in [0, 0.05) is 0 Å². The van der Waals surface area contributed by atoms with Crippen molar-refractivity contribution in [3.63, 3.8) is 0 Å². The Morgan fingerprint density at radius 1 is 0.765 bits per heavy atom. The van der Waals surface area contributed by atoms with E-state index in [9.17, 15) is 0 Å². The molecule has 0 aliphatic heterocycles. The Morgan fingerprint density at radius 3 is 1.94 bits per heavy atom. The van der Waals surface area contributed by atoms with Gasteiger partial charge in [-0.05, 0) is 42.5 Å². The molecule has 0 unspecified atom stereocenters. The van der Waals surface area contributed by atoms with Gasteiger partial charge in [0.25, 0.3) is 0 Å². The summed E-state index contributed by atoms with van der Waals surface area (Å²) >= 11 is 0. The van der Waals surface area contributed by atoms with E-state index in [2.05, 4.69) is 30.3 Å². The highest BCUT2D eigenvalue weighted by molar-refractivity contribution is 5.31. The highest BCUT2D eigenvalue weighted by Crippen LogP contribution is 2.09. The molecule has 0 aliphatic rings. The fourth-order valence-corrected chi connectivity index (χ4v) is 1.89. The standard InChI is InChI=1S/C16H15N/c17-13-16-11-9-15(10-12-16)8-4-7-14-5-2-1-3-6-14/h1-3,5-6,9-12H,4,7-8H2. The zero-order valence-corrected chi connectivity index (χ0v) is 9.76. The third-order valence-corrected chi connectivity index (χ3v) is 2.86. The van der Waals surface area contributed by atoms with Crippen molar-refractivity contribution >= 4 is 0 Å². The first-order valence-corrected chi connectivity index (χ1v) is 5.91. The second-order valence-corrected chi connectivity index (χ2v) is 4.15. The van der Waals surface area contributed by atoms with Crippen LogP contribution in [0, 0.1) is 11.3 Å². The van der Waals surface area contributed by atoms with Crippen molar-refractivity contribution in [3.05, 3.63) is 71.3 Å². The van der Waals surface area contributed by atoms with Gasteiger partial charge in [-0.25, -0.2) is 0 Å². The molecule has 0 fully saturated rings. The van der Waals surface area contributed by atoms with E-state index in [1.165, 1.54) is 11.1 Å². The van der Waals surface area contributed by atoms with Crippen molar-refractivity contribution in [2.75, 3.05) is 0 Å². The van der Waals surface area contributed by atoms with Crippen molar-refractivity contribution in [3.8, 4) is 6.07 Å². The summed E-state index contributed by atoms with van der Waals surface area (Å²) in [6.07, 6.45) is 3.33. The van der Waals surface area contributed by atoms with Crippen LogP contribution in [-0.4, -0.2) is 0 Å². The lowest BCUT2D eigenvalue weighted by Crippen LogP contribution is -1.90. The van der Waals surface area contributed by atoms with Gasteiger partial charge in [0.15, 0.2) is 0 Å². The van der Waals surface area contributed by atoms with Crippen LogP contribution < -0.4 is 0 Å². The first kappa shape index (κ1) is 11.4. The maximum Gasteiger partial charge on any atom is 0.0991 e. The largest absolute Gasteiger partial charge is 0.192 e. The van der Waals surface area contributed by atoms with Gasteiger partial charge in [-0.15, -0.1) is 0 Å². The molecule has 0 saturated carbocycles. The Hall–Kier alpha value is -2.07. The summed E-state index contributed by atoms with van der Waals surface area (Å²) in [5.41, 5.74) is 3.43.